The van der Waals surface area contributed by atoms with E-state index in [1.807, 2.05) is 10.6 Å². The number of hydrogen-bond acceptors (Lipinski definition) is 6. The number of nitrogens with zero attached hydrogens (tertiary/aromatic N) is 7. The molecule has 0 amide bonds. The lowest BCUT2D eigenvalue weighted by atomic mass is 9.76. The van der Waals surface area contributed by atoms with Crippen molar-refractivity contribution in [2.24, 2.45) is 5.92 Å². The summed E-state index contributed by atoms with van der Waals surface area (Å²) >= 11 is 0. The van der Waals surface area contributed by atoms with Crippen molar-refractivity contribution in [1.82, 2.24) is 29.4 Å². The van der Waals surface area contributed by atoms with E-state index in [4.69, 9.17) is 0 Å². The Balaban J connectivity index is 1.43. The first kappa shape index (κ1) is 18.0. The third-order valence-electron chi connectivity index (χ3n) is 6.44. The van der Waals surface area contributed by atoms with Crippen molar-refractivity contribution in [3.8, 4) is 6.07 Å². The van der Waals surface area contributed by atoms with Gasteiger partial charge in [-0.05, 0) is 31.6 Å². The lowest BCUT2D eigenvalue weighted by Gasteiger charge is -2.28. The Morgan fingerprint density at radius 3 is 2.83 bits per heavy atom. The summed E-state index contributed by atoms with van der Waals surface area (Å²) in [5.74, 6) is 0.433. The smallest absolute Gasteiger partial charge is 0.183 e. The molecule has 2 aliphatic carbocycles. The first-order valence-electron chi connectivity index (χ1n) is 10.3. The minimum Gasteiger partial charge on any atom is -0.304 e. The van der Waals surface area contributed by atoms with Crippen molar-refractivity contribution in [2.75, 3.05) is 0 Å². The molecule has 3 aromatic rings. The van der Waals surface area contributed by atoms with Gasteiger partial charge in [-0.3, -0.25) is 9.78 Å². The molecule has 1 atom stereocenters. The van der Waals surface area contributed by atoms with Gasteiger partial charge in [-0.1, -0.05) is 24.5 Å². The number of fused-ring (bicyclic) bond motifs is 1. The van der Waals surface area contributed by atoms with Gasteiger partial charge in [-0.15, -0.1) is 5.10 Å². The second-order valence-electron chi connectivity index (χ2n) is 8.33. The zero-order valence-corrected chi connectivity index (χ0v) is 16.2. The van der Waals surface area contributed by atoms with Crippen molar-refractivity contribution < 1.29 is 4.79 Å². The highest BCUT2D eigenvalue weighted by molar-refractivity contribution is 5.95. The normalized spacial score (nSPS) is 19.7. The summed E-state index contributed by atoms with van der Waals surface area (Å²) in [6.07, 6.45) is 16.6. The fourth-order valence-electron chi connectivity index (χ4n) is 4.50. The largest absolute Gasteiger partial charge is 0.304 e. The fourth-order valence-corrected chi connectivity index (χ4v) is 4.50. The van der Waals surface area contributed by atoms with Crippen LogP contribution in [-0.4, -0.2) is 35.1 Å². The van der Waals surface area contributed by atoms with E-state index in [2.05, 4.69) is 26.3 Å². The van der Waals surface area contributed by atoms with Crippen LogP contribution in [0.5, 0.6) is 0 Å². The molecule has 2 fully saturated rings. The standard InChI is InChI=1S/C21H23N7O/c22-14-21(6-7-21)28-13-17(25-26-28)16(15-4-2-1-3-5-15)10-19(29)18-12-27-9-8-23-11-20(27)24-18/h8-9,11-13,15-16H,1-7,10H2/t16-/m0/s1. The van der Waals surface area contributed by atoms with Crippen molar-refractivity contribution in [3.05, 3.63) is 42.4 Å². The fraction of sp³-hybridized carbons (Fsp3) is 0.524. The average Bonchev–Trinajstić information content (AvgIpc) is 3.20. The summed E-state index contributed by atoms with van der Waals surface area (Å²) < 4.78 is 3.52. The zero-order chi connectivity index (χ0) is 19.8. The Morgan fingerprint density at radius 1 is 1.28 bits per heavy atom. The molecule has 8 nitrogen and oxygen atoms in total. The summed E-state index contributed by atoms with van der Waals surface area (Å²) in [6, 6.07) is 2.36. The second kappa shape index (κ2) is 7.07. The van der Waals surface area contributed by atoms with E-state index < -0.39 is 5.54 Å². The van der Waals surface area contributed by atoms with Crippen LogP contribution in [0.3, 0.4) is 0 Å². The number of rotatable bonds is 6. The average molecular weight is 389 g/mol. The molecule has 0 radical (unpaired) electrons. The summed E-state index contributed by atoms with van der Waals surface area (Å²) in [4.78, 5) is 21.6. The Labute approximate surface area is 168 Å². The Morgan fingerprint density at radius 2 is 2.10 bits per heavy atom. The molecule has 5 rings (SSSR count). The van der Waals surface area contributed by atoms with Crippen molar-refractivity contribution >= 4 is 11.4 Å². The van der Waals surface area contributed by atoms with Gasteiger partial charge >= 0.3 is 0 Å². The molecule has 2 aliphatic rings. The molecule has 148 valence electrons. The van der Waals surface area contributed by atoms with E-state index in [9.17, 15) is 10.1 Å². The molecule has 3 aromatic heterocycles. The molecule has 29 heavy (non-hydrogen) atoms. The monoisotopic (exact) mass is 389 g/mol. The van der Waals surface area contributed by atoms with E-state index in [1.54, 1.807) is 29.5 Å². The number of hydrogen-bond donors (Lipinski definition) is 0. The number of nitriles is 1. The van der Waals surface area contributed by atoms with Crippen LogP contribution >= 0.6 is 0 Å². The van der Waals surface area contributed by atoms with Crippen molar-refractivity contribution in [1.29, 1.82) is 5.26 Å². The number of aromatic nitrogens is 6. The van der Waals surface area contributed by atoms with Crippen LogP contribution in [0.4, 0.5) is 0 Å². The summed E-state index contributed by atoms with van der Waals surface area (Å²) in [5, 5.41) is 18.1. The van der Waals surface area contributed by atoms with Gasteiger partial charge < -0.3 is 4.40 Å². The molecule has 0 N–H and O–H groups in total. The SMILES string of the molecule is N#CC1(n2cc([C@@H](CC(=O)c3cn4ccncc4n3)C3CCCCC3)nn2)CC1. The third kappa shape index (κ3) is 3.31. The molecule has 2 saturated carbocycles. The molecular formula is C21H23N7O. The first-order chi connectivity index (χ1) is 14.2. The summed E-state index contributed by atoms with van der Waals surface area (Å²) in [7, 11) is 0. The Hall–Kier alpha value is -3.08. The van der Waals surface area contributed by atoms with Crippen molar-refractivity contribution in [3.63, 3.8) is 0 Å². The minimum atomic E-state index is -0.527. The van der Waals surface area contributed by atoms with Gasteiger partial charge in [0, 0.05) is 30.9 Å². The van der Waals surface area contributed by atoms with Crippen LogP contribution < -0.4 is 0 Å². The molecule has 0 spiro atoms. The highest BCUT2D eigenvalue weighted by Gasteiger charge is 2.47. The number of carbonyl (C=O) groups is 1. The molecule has 0 saturated heterocycles. The lowest BCUT2D eigenvalue weighted by molar-refractivity contribution is 0.0952. The number of imidazole rings is 1. The van der Waals surface area contributed by atoms with Crippen LogP contribution in [0, 0.1) is 17.2 Å². The van der Waals surface area contributed by atoms with Crippen LogP contribution in [0.15, 0.2) is 31.0 Å². The second-order valence-corrected chi connectivity index (χ2v) is 8.33. The van der Waals surface area contributed by atoms with Crippen LogP contribution in [0.25, 0.3) is 5.65 Å². The molecule has 8 heteroatoms. The van der Waals surface area contributed by atoms with Gasteiger partial charge in [0.25, 0.3) is 0 Å². The Kier molecular flexibility index (Phi) is 4.38. The zero-order valence-electron chi connectivity index (χ0n) is 16.2. The number of carbonyl (C=O) groups excluding carboxylic acids is 1. The summed E-state index contributed by atoms with van der Waals surface area (Å²) in [6.45, 7) is 0. The summed E-state index contributed by atoms with van der Waals surface area (Å²) in [5.41, 5.74) is 1.43. The number of Topliss-reactive ketones (excluding diaryl/α,β-unsaturated/α-hetero) is 1. The maximum atomic E-state index is 13.1. The Bertz CT molecular complexity index is 1050. The van der Waals surface area contributed by atoms with E-state index >= 15 is 0 Å². The van der Waals surface area contributed by atoms with Gasteiger partial charge in [0.2, 0.25) is 0 Å². The van der Waals surface area contributed by atoms with Gasteiger partial charge in [0.1, 0.15) is 5.69 Å². The van der Waals surface area contributed by atoms with Gasteiger partial charge in [0.15, 0.2) is 17.0 Å². The lowest BCUT2D eigenvalue weighted by Crippen LogP contribution is -2.20. The third-order valence-corrected chi connectivity index (χ3v) is 6.44. The minimum absolute atomic E-state index is 0.00831. The predicted octanol–water partition coefficient (Wildman–Crippen LogP) is 3.27. The highest BCUT2D eigenvalue weighted by Crippen LogP contribution is 2.43. The molecule has 0 bridgehead atoms. The predicted molar refractivity (Wildman–Crippen MR) is 104 cm³/mol. The molecule has 0 unspecified atom stereocenters. The van der Waals surface area contributed by atoms with E-state index in [0.29, 0.717) is 23.7 Å². The maximum absolute atomic E-state index is 13.1. The molecule has 0 aromatic carbocycles. The van der Waals surface area contributed by atoms with Crippen LogP contribution in [0.2, 0.25) is 0 Å². The van der Waals surface area contributed by atoms with E-state index in [1.165, 1.54) is 19.3 Å². The number of ketones is 1. The molecule has 3 heterocycles. The van der Waals surface area contributed by atoms with Crippen LogP contribution in [-0.2, 0) is 5.54 Å². The highest BCUT2D eigenvalue weighted by atomic mass is 16.1. The maximum Gasteiger partial charge on any atom is 0.183 e. The van der Waals surface area contributed by atoms with Gasteiger partial charge in [-0.2, -0.15) is 5.26 Å². The van der Waals surface area contributed by atoms with Crippen molar-refractivity contribution in [2.45, 2.75) is 62.8 Å². The molecule has 0 aliphatic heterocycles. The topological polar surface area (TPSA) is 102 Å². The van der Waals surface area contributed by atoms with Gasteiger partial charge in [-0.25, -0.2) is 9.67 Å². The quantitative estimate of drug-likeness (QED) is 0.600. The van der Waals surface area contributed by atoms with E-state index in [-0.39, 0.29) is 11.7 Å². The van der Waals surface area contributed by atoms with E-state index in [0.717, 1.165) is 31.4 Å². The van der Waals surface area contributed by atoms with Gasteiger partial charge in [0.05, 0.1) is 24.2 Å². The first-order valence-corrected chi connectivity index (χ1v) is 10.3. The molecular weight excluding hydrogens is 366 g/mol. The van der Waals surface area contributed by atoms with Crippen LogP contribution in [0.1, 0.15) is 73.5 Å².